The van der Waals surface area contributed by atoms with Crippen LogP contribution in [-0.2, 0) is 28.5 Å². The summed E-state index contributed by atoms with van der Waals surface area (Å²) in [7, 11) is 3.28. The highest BCUT2D eigenvalue weighted by Gasteiger charge is 2.35. The van der Waals surface area contributed by atoms with Crippen LogP contribution in [0, 0.1) is 0 Å². The van der Waals surface area contributed by atoms with Gasteiger partial charge in [0.1, 0.15) is 0 Å². The molecule has 0 aliphatic heterocycles. The molecule has 0 aromatic heterocycles. The van der Waals surface area contributed by atoms with Crippen molar-refractivity contribution in [2.75, 3.05) is 14.1 Å². The monoisotopic (exact) mass is 868 g/mol. The summed E-state index contributed by atoms with van der Waals surface area (Å²) in [5, 5.41) is 1.94. The molecule has 14 heteroatoms. The first kappa shape index (κ1) is 43.1. The Balaban J connectivity index is 0.948. The van der Waals surface area contributed by atoms with Gasteiger partial charge in [0.15, 0.2) is 0 Å². The van der Waals surface area contributed by atoms with Gasteiger partial charge in [-0.05, 0) is 83.3 Å². The Labute approximate surface area is 358 Å². The third-order valence-electron chi connectivity index (χ3n) is 10.8. The highest BCUT2D eigenvalue weighted by Crippen LogP contribution is 2.46. The van der Waals surface area contributed by atoms with E-state index in [9.17, 15) is 19.2 Å². The number of carbonyl (C=O) groups excluding carboxylic acids is 4. The molecule has 2 aliphatic carbocycles. The van der Waals surface area contributed by atoms with E-state index in [4.69, 9.17) is 65.4 Å². The van der Waals surface area contributed by atoms with Crippen LogP contribution in [0.25, 0.3) is 0 Å². The first-order valence-corrected chi connectivity index (χ1v) is 20.6. The van der Waals surface area contributed by atoms with Crippen molar-refractivity contribution in [3.8, 4) is 0 Å². The third-order valence-corrected chi connectivity index (χ3v) is 12.3. The minimum Gasteiger partial charge on any atom is -0.425 e. The second-order valence-electron chi connectivity index (χ2n) is 14.5. The van der Waals surface area contributed by atoms with Crippen molar-refractivity contribution in [1.29, 1.82) is 0 Å². The van der Waals surface area contributed by atoms with E-state index in [1.54, 1.807) is 26.2 Å². The molecule has 0 radical (unpaired) electrons. The SMILES string of the molecule is CC(OC(=O)CCC(=O)OC(C)OC(=O)N(C)[C@H]1CC[C@@H](c2ccc(Cl)c(Cl)c2)c2ccccc21)OC(=O)N(C)[C@H]1CC[C@@H](c2ccc(Cl)c(Cl)c2)c2ccccc21. The van der Waals surface area contributed by atoms with Crippen molar-refractivity contribution in [3.05, 3.63) is 138 Å². The van der Waals surface area contributed by atoms with Crippen molar-refractivity contribution in [2.24, 2.45) is 0 Å². The molecule has 6 atom stereocenters. The van der Waals surface area contributed by atoms with Crippen molar-refractivity contribution in [1.82, 2.24) is 9.80 Å². The molecule has 0 bridgehead atoms. The highest BCUT2D eigenvalue weighted by molar-refractivity contribution is 6.42. The van der Waals surface area contributed by atoms with Crippen LogP contribution in [0.1, 0.15) is 110 Å². The number of benzene rings is 4. The first-order chi connectivity index (χ1) is 27.7. The van der Waals surface area contributed by atoms with Gasteiger partial charge in [0, 0.05) is 39.8 Å². The Morgan fingerprint density at radius 1 is 0.534 bits per heavy atom. The van der Waals surface area contributed by atoms with Gasteiger partial charge < -0.3 is 28.7 Å². The van der Waals surface area contributed by atoms with Gasteiger partial charge in [0.25, 0.3) is 0 Å². The number of hydrogen-bond donors (Lipinski definition) is 0. The van der Waals surface area contributed by atoms with Crippen LogP contribution >= 0.6 is 46.4 Å². The minimum atomic E-state index is -1.22. The molecule has 6 rings (SSSR count). The topological polar surface area (TPSA) is 112 Å². The maximum Gasteiger partial charge on any atom is 0.413 e. The van der Waals surface area contributed by atoms with E-state index in [-0.39, 0.29) is 36.8 Å². The summed E-state index contributed by atoms with van der Waals surface area (Å²) in [6, 6.07) is 26.5. The highest BCUT2D eigenvalue weighted by atomic mass is 35.5. The van der Waals surface area contributed by atoms with E-state index in [0.29, 0.717) is 32.9 Å². The van der Waals surface area contributed by atoms with Crippen LogP contribution in [0.4, 0.5) is 9.59 Å². The fourth-order valence-electron chi connectivity index (χ4n) is 7.93. The van der Waals surface area contributed by atoms with Crippen molar-refractivity contribution in [2.45, 2.75) is 88.9 Å². The molecule has 0 heterocycles. The summed E-state index contributed by atoms with van der Waals surface area (Å²) < 4.78 is 21.5. The molecule has 0 spiro atoms. The van der Waals surface area contributed by atoms with E-state index >= 15 is 0 Å². The van der Waals surface area contributed by atoms with Gasteiger partial charge >= 0.3 is 24.1 Å². The summed E-state index contributed by atoms with van der Waals surface area (Å²) in [5.74, 6) is -1.39. The fourth-order valence-corrected chi connectivity index (χ4v) is 8.55. The molecule has 58 heavy (non-hydrogen) atoms. The summed E-state index contributed by atoms with van der Waals surface area (Å²) in [4.78, 5) is 54.6. The van der Waals surface area contributed by atoms with Gasteiger partial charge in [-0.1, -0.05) is 107 Å². The molecule has 2 aliphatic rings. The quantitative estimate of drug-likeness (QED) is 0.108. The zero-order valence-electron chi connectivity index (χ0n) is 32.5. The molecule has 0 N–H and O–H groups in total. The number of carbonyl (C=O) groups is 4. The van der Waals surface area contributed by atoms with Crippen LogP contribution in [0.5, 0.6) is 0 Å². The molecule has 2 unspecified atom stereocenters. The first-order valence-electron chi connectivity index (χ1n) is 19.0. The summed E-state index contributed by atoms with van der Waals surface area (Å²) in [5.41, 5.74) is 6.18. The number of hydrogen-bond acceptors (Lipinski definition) is 8. The molecule has 0 saturated heterocycles. The van der Waals surface area contributed by atoms with E-state index in [1.165, 1.54) is 23.6 Å². The van der Waals surface area contributed by atoms with Gasteiger partial charge in [-0.15, -0.1) is 0 Å². The Bertz CT molecular complexity index is 2020. The van der Waals surface area contributed by atoms with Crippen LogP contribution in [-0.4, -0.2) is 60.6 Å². The van der Waals surface area contributed by atoms with Crippen LogP contribution in [0.3, 0.4) is 0 Å². The largest absolute Gasteiger partial charge is 0.425 e. The number of amides is 2. The van der Waals surface area contributed by atoms with E-state index in [0.717, 1.165) is 46.2 Å². The van der Waals surface area contributed by atoms with E-state index in [1.807, 2.05) is 72.8 Å². The number of ether oxygens (including phenoxy) is 4. The van der Waals surface area contributed by atoms with Crippen LogP contribution < -0.4 is 0 Å². The number of nitrogens with zero attached hydrogens (tertiary/aromatic N) is 2. The summed E-state index contributed by atoms with van der Waals surface area (Å²) in [6.45, 7) is 2.85. The molecule has 10 nitrogen and oxygen atoms in total. The van der Waals surface area contributed by atoms with E-state index in [2.05, 4.69) is 0 Å². The Kier molecular flexibility index (Phi) is 14.2. The Morgan fingerprint density at radius 3 is 1.26 bits per heavy atom. The Morgan fingerprint density at radius 2 is 0.897 bits per heavy atom. The van der Waals surface area contributed by atoms with Gasteiger partial charge in [-0.25, -0.2) is 9.59 Å². The van der Waals surface area contributed by atoms with Crippen molar-refractivity contribution in [3.63, 3.8) is 0 Å². The lowest BCUT2D eigenvalue weighted by Gasteiger charge is -2.37. The molecular weight excluding hydrogens is 826 g/mol. The third kappa shape index (κ3) is 10.0. The number of fused-ring (bicyclic) bond motifs is 2. The van der Waals surface area contributed by atoms with Gasteiger partial charge in [0.2, 0.25) is 12.6 Å². The summed E-state index contributed by atoms with van der Waals surface area (Å²) in [6.07, 6.45) is -1.65. The van der Waals surface area contributed by atoms with Crippen LogP contribution in [0.2, 0.25) is 20.1 Å². The zero-order chi connectivity index (χ0) is 41.7. The van der Waals surface area contributed by atoms with Gasteiger partial charge in [0.05, 0.1) is 45.0 Å². The number of rotatable bonds is 11. The lowest BCUT2D eigenvalue weighted by molar-refractivity contribution is -0.173. The van der Waals surface area contributed by atoms with E-state index < -0.39 is 36.7 Å². The fraction of sp³-hybridized carbons (Fsp3) is 0.364. The standard InChI is InChI=1S/C44H44Cl4N2O8/c1-25(57-43(53)49(3)39-19-15-29(31-9-5-7-11-33(31)39)27-13-17-35(45)37(47)23-27)55-41(51)21-22-42(52)56-26(2)58-44(54)50(4)40-20-16-30(32-10-6-8-12-34(32)40)28-14-18-36(46)38(48)24-28/h5-14,17-18,23-26,29-30,39-40H,15-16,19-22H2,1-4H3/t25?,26?,29-,30-,39-,40-/m0/s1. The van der Waals surface area contributed by atoms with Crippen molar-refractivity contribution >= 4 is 70.5 Å². The minimum absolute atomic E-state index is 0.0747. The molecule has 0 saturated carbocycles. The maximum absolute atomic E-state index is 13.2. The van der Waals surface area contributed by atoms with Gasteiger partial charge in [-0.2, -0.15) is 0 Å². The van der Waals surface area contributed by atoms with Gasteiger partial charge in [-0.3, -0.25) is 9.59 Å². The molecule has 4 aromatic rings. The molecule has 0 fully saturated rings. The summed E-state index contributed by atoms with van der Waals surface area (Å²) >= 11 is 25.0. The molecule has 2 amide bonds. The smallest absolute Gasteiger partial charge is 0.413 e. The molecule has 4 aromatic carbocycles. The van der Waals surface area contributed by atoms with Crippen molar-refractivity contribution < 1.29 is 38.1 Å². The molecular formula is C44H44Cl4N2O8. The lowest BCUT2D eigenvalue weighted by Crippen LogP contribution is -2.37. The number of esters is 2. The second kappa shape index (κ2) is 19.1. The zero-order valence-corrected chi connectivity index (χ0v) is 35.5. The second-order valence-corrected chi connectivity index (χ2v) is 16.1. The number of halogens is 4. The average Bonchev–Trinajstić information content (AvgIpc) is 3.20. The van der Waals surface area contributed by atoms with Crippen LogP contribution in [0.15, 0.2) is 84.9 Å². The Hall–Kier alpha value is -4.48. The predicted molar refractivity (Wildman–Crippen MR) is 222 cm³/mol. The lowest BCUT2D eigenvalue weighted by atomic mass is 9.76. The predicted octanol–water partition coefficient (Wildman–Crippen LogP) is 11.6. The average molecular weight is 871 g/mol. The normalized spacial score (nSPS) is 19.4. The molecule has 306 valence electrons. The maximum atomic E-state index is 13.2.